The van der Waals surface area contributed by atoms with Gasteiger partial charge in [-0.2, -0.15) is 0 Å². The van der Waals surface area contributed by atoms with E-state index in [4.69, 9.17) is 9.52 Å². The fraction of sp³-hybridized carbons (Fsp3) is 0.385. The standard InChI is InChI=1S/C13H15N3O3/c1-9-8-10(6-7-14-9)13-16-15-11(19-13)4-2-3-5-12(17)18/h6-8H,2-5H2,1H3,(H,17,18). The van der Waals surface area contributed by atoms with Gasteiger partial charge in [-0.1, -0.05) is 0 Å². The van der Waals surface area contributed by atoms with Crippen molar-refractivity contribution in [2.24, 2.45) is 0 Å². The van der Waals surface area contributed by atoms with E-state index in [-0.39, 0.29) is 6.42 Å². The zero-order valence-electron chi connectivity index (χ0n) is 10.7. The fourth-order valence-electron chi connectivity index (χ4n) is 1.70. The Labute approximate surface area is 110 Å². The third-order valence-electron chi connectivity index (χ3n) is 2.64. The molecule has 100 valence electrons. The Morgan fingerprint density at radius 3 is 2.95 bits per heavy atom. The van der Waals surface area contributed by atoms with Gasteiger partial charge in [0.2, 0.25) is 11.8 Å². The van der Waals surface area contributed by atoms with E-state index in [0.29, 0.717) is 24.6 Å². The van der Waals surface area contributed by atoms with Gasteiger partial charge in [-0.3, -0.25) is 9.78 Å². The Hall–Kier alpha value is -2.24. The Morgan fingerprint density at radius 1 is 1.37 bits per heavy atom. The molecule has 6 heteroatoms. The molecule has 0 atom stereocenters. The highest BCUT2D eigenvalue weighted by Crippen LogP contribution is 2.18. The molecule has 0 unspecified atom stereocenters. The van der Waals surface area contributed by atoms with E-state index in [1.165, 1.54) is 0 Å². The second-order valence-electron chi connectivity index (χ2n) is 4.29. The summed E-state index contributed by atoms with van der Waals surface area (Å²) in [6, 6.07) is 3.69. The van der Waals surface area contributed by atoms with Gasteiger partial charge >= 0.3 is 5.97 Å². The number of aromatic nitrogens is 3. The number of carboxylic acid groups (broad SMARTS) is 1. The molecule has 0 bridgehead atoms. The minimum atomic E-state index is -0.779. The molecule has 2 rings (SSSR count). The molecular formula is C13H15N3O3. The number of hydrogen-bond acceptors (Lipinski definition) is 5. The number of carboxylic acids is 1. The molecule has 0 spiro atoms. The summed E-state index contributed by atoms with van der Waals surface area (Å²) < 4.78 is 5.53. The minimum absolute atomic E-state index is 0.171. The van der Waals surface area contributed by atoms with Crippen molar-refractivity contribution >= 4 is 5.97 Å². The molecule has 2 heterocycles. The summed E-state index contributed by atoms with van der Waals surface area (Å²) in [5.41, 5.74) is 1.73. The van der Waals surface area contributed by atoms with Gasteiger partial charge in [0.1, 0.15) is 0 Å². The summed E-state index contributed by atoms with van der Waals surface area (Å²) >= 11 is 0. The number of rotatable bonds is 6. The smallest absolute Gasteiger partial charge is 0.303 e. The van der Waals surface area contributed by atoms with E-state index in [0.717, 1.165) is 17.7 Å². The molecule has 0 aliphatic carbocycles. The Balaban J connectivity index is 1.94. The van der Waals surface area contributed by atoms with Crippen LogP contribution in [0.15, 0.2) is 22.7 Å². The van der Waals surface area contributed by atoms with Crippen molar-refractivity contribution in [3.8, 4) is 11.5 Å². The number of aryl methyl sites for hydroxylation is 2. The number of unbranched alkanes of at least 4 members (excludes halogenated alkanes) is 1. The fourth-order valence-corrected chi connectivity index (χ4v) is 1.70. The summed E-state index contributed by atoms with van der Waals surface area (Å²) in [6.45, 7) is 1.90. The molecule has 19 heavy (non-hydrogen) atoms. The molecule has 0 saturated heterocycles. The van der Waals surface area contributed by atoms with Crippen LogP contribution in [0.3, 0.4) is 0 Å². The van der Waals surface area contributed by atoms with Crippen LogP contribution in [0, 0.1) is 6.92 Å². The SMILES string of the molecule is Cc1cc(-c2nnc(CCCCC(=O)O)o2)ccn1. The molecule has 0 saturated carbocycles. The molecule has 0 fully saturated rings. The van der Waals surface area contributed by atoms with E-state index in [1.54, 1.807) is 6.20 Å². The minimum Gasteiger partial charge on any atom is -0.481 e. The first-order valence-electron chi connectivity index (χ1n) is 6.12. The quantitative estimate of drug-likeness (QED) is 0.802. The normalized spacial score (nSPS) is 10.6. The summed E-state index contributed by atoms with van der Waals surface area (Å²) in [4.78, 5) is 14.5. The average molecular weight is 261 g/mol. The maximum atomic E-state index is 10.4. The van der Waals surface area contributed by atoms with E-state index in [1.807, 2.05) is 19.1 Å². The molecule has 1 N–H and O–H groups in total. The molecular weight excluding hydrogens is 246 g/mol. The molecule has 0 aliphatic heterocycles. The second kappa shape index (κ2) is 6.08. The lowest BCUT2D eigenvalue weighted by molar-refractivity contribution is -0.137. The monoisotopic (exact) mass is 261 g/mol. The molecule has 2 aromatic rings. The van der Waals surface area contributed by atoms with Gasteiger partial charge in [0.15, 0.2) is 0 Å². The lowest BCUT2D eigenvalue weighted by Gasteiger charge is -1.96. The molecule has 6 nitrogen and oxygen atoms in total. The average Bonchev–Trinajstić information content (AvgIpc) is 2.83. The van der Waals surface area contributed by atoms with Crippen molar-refractivity contribution < 1.29 is 14.3 Å². The number of hydrogen-bond donors (Lipinski definition) is 1. The Kier molecular flexibility index (Phi) is 4.22. The van der Waals surface area contributed by atoms with Crippen LogP contribution in [0.1, 0.15) is 30.8 Å². The van der Waals surface area contributed by atoms with Crippen molar-refractivity contribution in [1.82, 2.24) is 15.2 Å². The van der Waals surface area contributed by atoms with Gasteiger partial charge < -0.3 is 9.52 Å². The first kappa shape index (κ1) is 13.2. The van der Waals surface area contributed by atoms with Crippen LogP contribution in [0.5, 0.6) is 0 Å². The second-order valence-corrected chi connectivity index (χ2v) is 4.29. The highest BCUT2D eigenvalue weighted by Gasteiger charge is 2.09. The number of aliphatic carboxylic acids is 1. The maximum Gasteiger partial charge on any atom is 0.303 e. The number of carbonyl (C=O) groups is 1. The largest absolute Gasteiger partial charge is 0.481 e. The van der Waals surface area contributed by atoms with Gasteiger partial charge in [0.25, 0.3) is 0 Å². The lowest BCUT2D eigenvalue weighted by atomic mass is 10.2. The van der Waals surface area contributed by atoms with Crippen molar-refractivity contribution in [1.29, 1.82) is 0 Å². The van der Waals surface area contributed by atoms with Gasteiger partial charge in [0.05, 0.1) is 0 Å². The lowest BCUT2D eigenvalue weighted by Crippen LogP contribution is -1.95. The summed E-state index contributed by atoms with van der Waals surface area (Å²) in [6.07, 6.45) is 3.81. The number of pyridine rings is 1. The third-order valence-corrected chi connectivity index (χ3v) is 2.64. The van der Waals surface area contributed by atoms with Crippen molar-refractivity contribution in [2.75, 3.05) is 0 Å². The highest BCUT2D eigenvalue weighted by atomic mass is 16.4. The van der Waals surface area contributed by atoms with Gasteiger partial charge in [-0.15, -0.1) is 10.2 Å². The molecule has 0 aliphatic rings. The van der Waals surface area contributed by atoms with Gasteiger partial charge in [0, 0.05) is 30.3 Å². The van der Waals surface area contributed by atoms with Crippen LogP contribution in [-0.4, -0.2) is 26.3 Å². The van der Waals surface area contributed by atoms with Crippen LogP contribution < -0.4 is 0 Å². The van der Waals surface area contributed by atoms with Crippen LogP contribution in [-0.2, 0) is 11.2 Å². The van der Waals surface area contributed by atoms with Crippen LogP contribution in [0.2, 0.25) is 0 Å². The first-order chi connectivity index (χ1) is 9.15. The first-order valence-corrected chi connectivity index (χ1v) is 6.12. The van der Waals surface area contributed by atoms with Gasteiger partial charge in [-0.25, -0.2) is 0 Å². The van der Waals surface area contributed by atoms with E-state index in [9.17, 15) is 4.79 Å². The highest BCUT2D eigenvalue weighted by molar-refractivity contribution is 5.66. The molecule has 0 radical (unpaired) electrons. The molecule has 0 amide bonds. The predicted octanol–water partition coefficient (Wildman–Crippen LogP) is 2.24. The Morgan fingerprint density at radius 2 is 2.21 bits per heavy atom. The third kappa shape index (κ3) is 3.87. The van der Waals surface area contributed by atoms with Gasteiger partial charge in [-0.05, 0) is 31.9 Å². The summed E-state index contributed by atoms with van der Waals surface area (Å²) in [7, 11) is 0. The molecule has 2 aromatic heterocycles. The van der Waals surface area contributed by atoms with Crippen LogP contribution in [0.25, 0.3) is 11.5 Å². The van der Waals surface area contributed by atoms with E-state index in [2.05, 4.69) is 15.2 Å². The van der Waals surface area contributed by atoms with Crippen molar-refractivity contribution in [3.05, 3.63) is 29.9 Å². The van der Waals surface area contributed by atoms with Crippen LogP contribution >= 0.6 is 0 Å². The summed E-state index contributed by atoms with van der Waals surface area (Å²) in [5, 5.41) is 16.5. The van der Waals surface area contributed by atoms with Crippen LogP contribution in [0.4, 0.5) is 0 Å². The predicted molar refractivity (Wildman–Crippen MR) is 67.5 cm³/mol. The Bertz CT molecular complexity index is 566. The van der Waals surface area contributed by atoms with Crippen molar-refractivity contribution in [2.45, 2.75) is 32.6 Å². The number of nitrogens with zero attached hydrogens (tertiary/aromatic N) is 3. The zero-order valence-corrected chi connectivity index (χ0v) is 10.7. The van der Waals surface area contributed by atoms with Crippen molar-refractivity contribution in [3.63, 3.8) is 0 Å². The zero-order chi connectivity index (χ0) is 13.7. The summed E-state index contributed by atoms with van der Waals surface area (Å²) in [5.74, 6) is 0.229. The van der Waals surface area contributed by atoms with E-state index < -0.39 is 5.97 Å². The van der Waals surface area contributed by atoms with E-state index >= 15 is 0 Å². The molecule has 0 aromatic carbocycles. The topological polar surface area (TPSA) is 89.1 Å². The maximum absolute atomic E-state index is 10.4.